The van der Waals surface area contributed by atoms with Gasteiger partial charge in [-0.1, -0.05) is 25.1 Å². The molecule has 11 heteroatoms. The molecule has 7 rings (SSSR count). The van der Waals surface area contributed by atoms with Gasteiger partial charge in [0.2, 0.25) is 5.91 Å². The maximum absolute atomic E-state index is 14.6. The Labute approximate surface area is 266 Å². The number of alkyl halides is 3. The number of aromatic nitrogens is 3. The summed E-state index contributed by atoms with van der Waals surface area (Å²) in [7, 11) is 1.91. The van der Waals surface area contributed by atoms with Crippen molar-refractivity contribution >= 4 is 17.5 Å². The van der Waals surface area contributed by atoms with Crippen molar-refractivity contribution < 1.29 is 22.8 Å². The Balaban J connectivity index is 1.17. The summed E-state index contributed by atoms with van der Waals surface area (Å²) in [6.07, 6.45) is 3.40. The highest BCUT2D eigenvalue weighted by molar-refractivity contribution is 6.10. The lowest BCUT2D eigenvalue weighted by Gasteiger charge is -2.33. The van der Waals surface area contributed by atoms with Gasteiger partial charge in [-0.15, -0.1) is 10.2 Å². The minimum absolute atomic E-state index is 0.00920. The number of nitrogens with zero attached hydrogens (tertiary/aromatic N) is 6. The normalized spacial score (nSPS) is 23.2. The second-order valence-electron chi connectivity index (χ2n) is 13.7. The summed E-state index contributed by atoms with van der Waals surface area (Å²) in [5, 5.41) is 8.47. The van der Waals surface area contributed by atoms with Crippen LogP contribution in [0.25, 0.3) is 0 Å². The van der Waals surface area contributed by atoms with Crippen LogP contribution >= 0.6 is 0 Å². The predicted octanol–water partition coefficient (Wildman–Crippen LogP) is 6.10. The molecular formula is C35H39F3N6O2. The average Bonchev–Trinajstić information content (AvgIpc) is 3.81. The number of hydrogen-bond donors (Lipinski definition) is 0. The number of aryl methyl sites for hydroxylation is 1. The van der Waals surface area contributed by atoms with Gasteiger partial charge in [0.15, 0.2) is 0 Å². The molecule has 4 heterocycles. The molecule has 242 valence electrons. The van der Waals surface area contributed by atoms with Gasteiger partial charge in [0, 0.05) is 55.3 Å². The quantitative estimate of drug-likeness (QED) is 0.295. The van der Waals surface area contributed by atoms with Crippen LogP contribution < -0.4 is 4.90 Å². The Kier molecular flexibility index (Phi) is 7.57. The zero-order chi connectivity index (χ0) is 32.4. The lowest BCUT2D eigenvalue weighted by atomic mass is 9.72. The number of amides is 2. The average molecular weight is 633 g/mol. The topological polar surface area (TPSA) is 74.6 Å². The first-order chi connectivity index (χ1) is 22.0. The van der Waals surface area contributed by atoms with Gasteiger partial charge < -0.3 is 14.4 Å². The standard InChI is InChI=1S/C35H39F3N6O2/c1-4-30(45)43-14-12-34(20-43)11-13-42(19-34)22(2)25-16-27-28(29(17-25)35(36,37)38)18-44(33(27)46)26-10-6-9-24(15-26)31(23-7-5-8-23)32-40-39-21-41(32)3/h4,6,9-10,15-17,21-23,31H,1,5,7-8,11-14,18-20H2,2-3H3/t22-,31-,34+/m1/s1. The summed E-state index contributed by atoms with van der Waals surface area (Å²) < 4.78 is 45.7. The Bertz CT molecular complexity index is 1700. The number of rotatable bonds is 7. The van der Waals surface area contributed by atoms with Gasteiger partial charge >= 0.3 is 6.18 Å². The Morgan fingerprint density at radius 1 is 1.11 bits per heavy atom. The zero-order valence-electron chi connectivity index (χ0n) is 26.3. The molecule has 4 aliphatic rings. The van der Waals surface area contributed by atoms with Crippen molar-refractivity contribution in [3.8, 4) is 0 Å². The maximum Gasteiger partial charge on any atom is 0.416 e. The van der Waals surface area contributed by atoms with Crippen LogP contribution in [0.5, 0.6) is 0 Å². The van der Waals surface area contributed by atoms with Crippen molar-refractivity contribution in [2.75, 3.05) is 31.1 Å². The van der Waals surface area contributed by atoms with Crippen LogP contribution in [-0.2, 0) is 24.6 Å². The van der Waals surface area contributed by atoms with E-state index in [4.69, 9.17) is 0 Å². The molecule has 3 aromatic rings. The largest absolute Gasteiger partial charge is 0.416 e. The molecule has 3 aliphatic heterocycles. The molecular weight excluding hydrogens is 593 g/mol. The van der Waals surface area contributed by atoms with Crippen molar-refractivity contribution in [3.63, 3.8) is 0 Å². The van der Waals surface area contributed by atoms with Crippen LogP contribution in [0.2, 0.25) is 0 Å². The number of anilines is 1. The number of likely N-dealkylation sites (tertiary alicyclic amines) is 2. The fourth-order valence-electron chi connectivity index (χ4n) is 8.10. The van der Waals surface area contributed by atoms with E-state index >= 15 is 0 Å². The van der Waals surface area contributed by atoms with Crippen molar-refractivity contribution in [1.29, 1.82) is 0 Å². The van der Waals surface area contributed by atoms with Crippen LogP contribution in [0, 0.1) is 11.3 Å². The Hall–Kier alpha value is -3.99. The number of hydrogen-bond acceptors (Lipinski definition) is 5. The van der Waals surface area contributed by atoms with Gasteiger partial charge in [0.25, 0.3) is 5.91 Å². The highest BCUT2D eigenvalue weighted by atomic mass is 19.4. The van der Waals surface area contributed by atoms with E-state index in [1.54, 1.807) is 18.5 Å². The van der Waals surface area contributed by atoms with Crippen LogP contribution in [0.3, 0.4) is 0 Å². The number of carbonyl (C=O) groups excluding carboxylic acids is 2. The highest BCUT2D eigenvalue weighted by Gasteiger charge is 2.46. The predicted molar refractivity (Wildman–Crippen MR) is 167 cm³/mol. The molecule has 3 atom stereocenters. The van der Waals surface area contributed by atoms with E-state index in [-0.39, 0.29) is 41.0 Å². The van der Waals surface area contributed by atoms with Crippen molar-refractivity contribution in [3.05, 3.63) is 89.0 Å². The second kappa shape index (κ2) is 11.4. The van der Waals surface area contributed by atoms with Crippen LogP contribution in [-0.4, -0.2) is 62.6 Å². The Morgan fingerprint density at radius 3 is 2.57 bits per heavy atom. The fraction of sp³-hybridized carbons (Fsp3) is 0.486. The molecule has 0 unspecified atom stereocenters. The van der Waals surface area contributed by atoms with E-state index < -0.39 is 17.6 Å². The van der Waals surface area contributed by atoms with Crippen LogP contribution in [0.1, 0.15) is 89.4 Å². The van der Waals surface area contributed by atoms with Crippen LogP contribution in [0.4, 0.5) is 18.9 Å². The number of carbonyl (C=O) groups is 2. The summed E-state index contributed by atoms with van der Waals surface area (Å²) in [6.45, 7) is 8.07. The minimum Gasteiger partial charge on any atom is -0.339 e. The van der Waals surface area contributed by atoms with Crippen molar-refractivity contribution in [2.24, 2.45) is 18.4 Å². The molecule has 3 fully saturated rings. The van der Waals surface area contributed by atoms with E-state index in [1.165, 1.54) is 17.0 Å². The van der Waals surface area contributed by atoms with E-state index in [0.29, 0.717) is 36.8 Å². The van der Waals surface area contributed by atoms with E-state index in [2.05, 4.69) is 21.7 Å². The third-order valence-electron chi connectivity index (χ3n) is 11.0. The highest BCUT2D eigenvalue weighted by Crippen LogP contribution is 2.46. The summed E-state index contributed by atoms with van der Waals surface area (Å²) in [5.41, 5.74) is 1.36. The van der Waals surface area contributed by atoms with E-state index in [1.807, 2.05) is 41.6 Å². The summed E-state index contributed by atoms with van der Waals surface area (Å²) in [6, 6.07) is 10.2. The molecule has 2 saturated heterocycles. The van der Waals surface area contributed by atoms with Gasteiger partial charge in [-0.2, -0.15) is 13.2 Å². The number of fused-ring (bicyclic) bond motifs is 1. The molecule has 1 spiro atoms. The molecule has 2 amide bonds. The van der Waals surface area contributed by atoms with E-state index in [9.17, 15) is 22.8 Å². The van der Waals surface area contributed by atoms with Crippen molar-refractivity contribution in [2.45, 2.75) is 63.7 Å². The lowest BCUT2D eigenvalue weighted by Crippen LogP contribution is -2.34. The molecule has 1 saturated carbocycles. The zero-order valence-corrected chi connectivity index (χ0v) is 26.3. The summed E-state index contributed by atoms with van der Waals surface area (Å²) in [5.74, 6) is 0.725. The van der Waals surface area contributed by atoms with E-state index in [0.717, 1.165) is 50.0 Å². The lowest BCUT2D eigenvalue weighted by molar-refractivity contribution is -0.138. The molecule has 46 heavy (non-hydrogen) atoms. The van der Waals surface area contributed by atoms with Gasteiger partial charge in [-0.25, -0.2) is 0 Å². The SMILES string of the molecule is C=CC(=O)N1CC[C@]2(CCN([C@H](C)c3cc4c(c(C(F)(F)F)c3)CN(c3cccc([C@H](c5nncn5C)C5CCC5)c3)C4=O)C2)C1. The van der Waals surface area contributed by atoms with Gasteiger partial charge in [0.05, 0.1) is 12.1 Å². The molecule has 8 nitrogen and oxygen atoms in total. The molecule has 2 aromatic carbocycles. The van der Waals surface area contributed by atoms with Crippen LogP contribution in [0.15, 0.2) is 55.4 Å². The van der Waals surface area contributed by atoms with Gasteiger partial charge in [-0.05, 0) is 92.1 Å². The number of halogens is 3. The second-order valence-corrected chi connectivity index (χ2v) is 13.7. The summed E-state index contributed by atoms with van der Waals surface area (Å²) >= 11 is 0. The number of benzene rings is 2. The summed E-state index contributed by atoms with van der Waals surface area (Å²) in [4.78, 5) is 31.6. The molecule has 0 radical (unpaired) electrons. The third kappa shape index (κ3) is 5.22. The Morgan fingerprint density at radius 2 is 1.89 bits per heavy atom. The maximum atomic E-state index is 14.6. The van der Waals surface area contributed by atoms with Crippen molar-refractivity contribution in [1.82, 2.24) is 24.6 Å². The monoisotopic (exact) mass is 632 g/mol. The molecule has 0 N–H and O–H groups in total. The fourth-order valence-corrected chi connectivity index (χ4v) is 8.10. The van der Waals surface area contributed by atoms with Gasteiger partial charge in [0.1, 0.15) is 12.2 Å². The minimum atomic E-state index is -4.61. The molecule has 1 aliphatic carbocycles. The third-order valence-corrected chi connectivity index (χ3v) is 11.0. The molecule has 1 aromatic heterocycles. The first kappa shape index (κ1) is 30.7. The molecule has 0 bridgehead atoms. The first-order valence-electron chi connectivity index (χ1n) is 16.1. The van der Waals surface area contributed by atoms with Gasteiger partial charge in [-0.3, -0.25) is 14.5 Å². The smallest absolute Gasteiger partial charge is 0.339 e. The first-order valence-corrected chi connectivity index (χ1v) is 16.1.